The highest BCUT2D eigenvalue weighted by molar-refractivity contribution is 7.52. The summed E-state index contributed by atoms with van der Waals surface area (Å²) in [6.07, 6.45) is -6.76. The van der Waals surface area contributed by atoms with Gasteiger partial charge in [-0.25, -0.2) is 13.8 Å². The van der Waals surface area contributed by atoms with Gasteiger partial charge in [0.2, 0.25) is 5.82 Å². The molecule has 0 saturated carbocycles. The van der Waals surface area contributed by atoms with Crippen LogP contribution in [0.1, 0.15) is 40.8 Å². The maximum Gasteiger partial charge on any atom is 0.459 e. The molecule has 1 aliphatic heterocycles. The average molecular weight is 561 g/mol. The Labute approximate surface area is 216 Å². The zero-order chi connectivity index (χ0) is 28.4. The van der Waals surface area contributed by atoms with Crippen LogP contribution in [-0.4, -0.2) is 56.8 Å². The van der Waals surface area contributed by atoms with Gasteiger partial charge in [0.05, 0.1) is 18.4 Å². The molecule has 1 fully saturated rings. The number of carbonyl (C=O) groups excluding carboxylic acids is 1. The lowest BCUT2D eigenvalue weighted by atomic mass is 9.96. The molecule has 1 aromatic heterocycles. The number of nitrogens with one attached hydrogen (secondary N) is 2. The Morgan fingerprint density at radius 2 is 1.87 bits per heavy atom. The first-order chi connectivity index (χ1) is 17.6. The number of aliphatic hydroxyl groups is 1. The summed E-state index contributed by atoms with van der Waals surface area (Å²) in [6, 6.07) is 6.67. The molecule has 7 atom stereocenters. The summed E-state index contributed by atoms with van der Waals surface area (Å²) < 4.78 is 65.5. The molecular weight excluding hydrogens is 531 g/mol. The number of alkyl halides is 1. The number of para-hydroxylation sites is 1. The topological polar surface area (TPSA) is 158 Å². The van der Waals surface area contributed by atoms with Crippen molar-refractivity contribution in [1.82, 2.24) is 14.6 Å². The van der Waals surface area contributed by atoms with E-state index in [9.17, 15) is 28.4 Å². The van der Waals surface area contributed by atoms with Gasteiger partial charge in [0.1, 0.15) is 24.0 Å². The highest BCUT2D eigenvalue weighted by Gasteiger charge is 2.58. The fourth-order valence-corrected chi connectivity index (χ4v) is 5.46. The van der Waals surface area contributed by atoms with Gasteiger partial charge < -0.3 is 19.1 Å². The van der Waals surface area contributed by atoms with Crippen molar-refractivity contribution >= 4 is 13.7 Å². The van der Waals surface area contributed by atoms with Crippen molar-refractivity contribution in [2.75, 3.05) is 0 Å². The fraction of sp³-hybridized carbons (Fsp3) is 0.522. The van der Waals surface area contributed by atoms with Crippen molar-refractivity contribution < 1.29 is 41.8 Å². The van der Waals surface area contributed by atoms with Crippen LogP contribution in [0.4, 0.5) is 8.78 Å². The number of esters is 1. The Hall–Kier alpha value is -2.90. The summed E-state index contributed by atoms with van der Waals surface area (Å²) in [5, 5.41) is 13.2. The number of rotatable bonds is 10. The lowest BCUT2D eigenvalue weighted by molar-refractivity contribution is -0.149. The van der Waals surface area contributed by atoms with Crippen LogP contribution in [0.3, 0.4) is 0 Å². The molecule has 0 radical (unpaired) electrons. The van der Waals surface area contributed by atoms with Crippen molar-refractivity contribution in [3.63, 3.8) is 0 Å². The molecule has 0 aliphatic carbocycles. The van der Waals surface area contributed by atoms with Gasteiger partial charge in [-0.05, 0) is 46.8 Å². The molecule has 0 spiro atoms. The molecular formula is C23H30F2N3O9P. The largest absolute Gasteiger partial charge is 0.462 e. The predicted octanol–water partition coefficient (Wildman–Crippen LogP) is 2.18. The minimum absolute atomic E-state index is 0.108. The van der Waals surface area contributed by atoms with Crippen LogP contribution in [0.25, 0.3) is 0 Å². The molecule has 3 N–H and O–H groups in total. The van der Waals surface area contributed by atoms with Crippen LogP contribution < -0.4 is 20.9 Å². The Kier molecular flexibility index (Phi) is 8.94. The third-order valence-corrected chi connectivity index (χ3v) is 7.39. The first kappa shape index (κ1) is 29.7. The van der Waals surface area contributed by atoms with Crippen LogP contribution in [0.2, 0.25) is 0 Å². The van der Waals surface area contributed by atoms with Crippen molar-refractivity contribution in [3.05, 3.63) is 63.2 Å². The fourth-order valence-electron chi connectivity index (χ4n) is 3.76. The molecule has 0 amide bonds. The van der Waals surface area contributed by atoms with Gasteiger partial charge in [-0.15, -0.1) is 0 Å². The number of nitrogens with zero attached hydrogens (tertiary/aromatic N) is 1. The molecule has 12 nitrogen and oxygen atoms in total. The first-order valence-corrected chi connectivity index (χ1v) is 13.2. The molecule has 1 aromatic carbocycles. The lowest BCUT2D eigenvalue weighted by Crippen LogP contribution is -2.45. The van der Waals surface area contributed by atoms with E-state index in [1.54, 1.807) is 37.0 Å². The van der Waals surface area contributed by atoms with Gasteiger partial charge in [0.15, 0.2) is 11.9 Å². The zero-order valence-electron chi connectivity index (χ0n) is 21.3. The summed E-state index contributed by atoms with van der Waals surface area (Å²) in [4.78, 5) is 37.6. The van der Waals surface area contributed by atoms with Crippen molar-refractivity contribution in [2.24, 2.45) is 0 Å². The maximum absolute atomic E-state index is 15.6. The van der Waals surface area contributed by atoms with E-state index < -0.39 is 73.1 Å². The second-order valence-corrected chi connectivity index (χ2v) is 10.9. The first-order valence-electron chi connectivity index (χ1n) is 11.7. The van der Waals surface area contributed by atoms with Gasteiger partial charge in [-0.3, -0.25) is 23.7 Å². The SMILES string of the molecule is CC(C)OC(=O)[C@H](C)N[P@](=O)(Oc1ccccc1)O[C@@H](C)[C@H]1O[C@@H](n2cc(F)c(=O)[nH]c2=O)[C@](C)(F)C1O. The van der Waals surface area contributed by atoms with Gasteiger partial charge in [0, 0.05) is 0 Å². The monoisotopic (exact) mass is 561 g/mol. The Bertz CT molecular complexity index is 1300. The van der Waals surface area contributed by atoms with Gasteiger partial charge in [-0.2, -0.15) is 9.48 Å². The number of halogens is 2. The second-order valence-electron chi connectivity index (χ2n) is 9.24. The van der Waals surface area contributed by atoms with Gasteiger partial charge >= 0.3 is 19.4 Å². The van der Waals surface area contributed by atoms with E-state index in [2.05, 4.69) is 5.09 Å². The number of H-pyrrole nitrogens is 1. The third kappa shape index (κ3) is 6.56. The standard InChI is InChI=1S/C23H30F2N3O9P/c1-12(2)34-20(31)13(3)27-38(33,37-15-9-7-6-8-10-15)36-14(4)17-18(29)23(5,25)21(35-17)28-11-16(24)19(30)26-22(28)32/h6-14,17-18,21,29H,1-5H3,(H,27,33)(H,26,30,32)/t13-,14-,17+,18?,21+,23+,38+/m0/s1. The summed E-state index contributed by atoms with van der Waals surface area (Å²) >= 11 is 0. The van der Waals surface area contributed by atoms with E-state index in [1.165, 1.54) is 26.0 Å². The minimum atomic E-state index is -4.43. The molecule has 38 heavy (non-hydrogen) atoms. The van der Waals surface area contributed by atoms with E-state index >= 15 is 4.39 Å². The molecule has 3 rings (SSSR count). The van der Waals surface area contributed by atoms with Gasteiger partial charge in [-0.1, -0.05) is 18.2 Å². The van der Waals surface area contributed by atoms with Gasteiger partial charge in [0.25, 0.3) is 5.56 Å². The zero-order valence-corrected chi connectivity index (χ0v) is 22.2. The molecule has 2 heterocycles. The second kappa shape index (κ2) is 11.5. The Balaban J connectivity index is 1.88. The van der Waals surface area contributed by atoms with E-state index in [0.717, 1.165) is 6.92 Å². The Morgan fingerprint density at radius 3 is 2.47 bits per heavy atom. The number of aromatic nitrogens is 2. The van der Waals surface area contributed by atoms with Crippen LogP contribution in [0.15, 0.2) is 46.1 Å². The van der Waals surface area contributed by atoms with E-state index in [4.69, 9.17) is 18.5 Å². The van der Waals surface area contributed by atoms with Crippen molar-refractivity contribution in [2.45, 2.75) is 77.0 Å². The number of aromatic amines is 1. The lowest BCUT2D eigenvalue weighted by Gasteiger charge is -2.29. The van der Waals surface area contributed by atoms with Crippen molar-refractivity contribution in [1.29, 1.82) is 0 Å². The quantitative estimate of drug-likeness (QED) is 0.290. The smallest absolute Gasteiger partial charge is 0.459 e. The third-order valence-electron chi connectivity index (χ3n) is 5.63. The normalized spacial score (nSPS) is 26.5. The number of ether oxygens (including phenoxy) is 2. The number of carbonyl (C=O) groups is 1. The van der Waals surface area contributed by atoms with Crippen molar-refractivity contribution in [3.8, 4) is 5.75 Å². The summed E-state index contributed by atoms with van der Waals surface area (Å²) in [7, 11) is -4.43. The number of hydrogen-bond donors (Lipinski definition) is 3. The summed E-state index contributed by atoms with van der Waals surface area (Å²) in [5.41, 5.74) is -5.17. The Morgan fingerprint density at radius 1 is 1.24 bits per heavy atom. The average Bonchev–Trinajstić information content (AvgIpc) is 3.05. The van der Waals surface area contributed by atoms with Crippen LogP contribution in [0.5, 0.6) is 5.75 Å². The predicted molar refractivity (Wildman–Crippen MR) is 130 cm³/mol. The minimum Gasteiger partial charge on any atom is -0.462 e. The summed E-state index contributed by atoms with van der Waals surface area (Å²) in [6.45, 7) is 6.83. The molecule has 1 saturated heterocycles. The van der Waals surface area contributed by atoms with E-state index in [-0.39, 0.29) is 5.75 Å². The summed E-state index contributed by atoms with van der Waals surface area (Å²) in [5.74, 6) is -2.02. The maximum atomic E-state index is 15.6. The van der Waals surface area contributed by atoms with E-state index in [0.29, 0.717) is 10.8 Å². The van der Waals surface area contributed by atoms with Crippen LogP contribution in [-0.2, 0) is 23.4 Å². The number of hydrogen-bond acceptors (Lipinski definition) is 9. The van der Waals surface area contributed by atoms with Crippen LogP contribution >= 0.6 is 7.75 Å². The molecule has 1 aliphatic rings. The number of benzene rings is 1. The highest BCUT2D eigenvalue weighted by atomic mass is 31.2. The molecule has 15 heteroatoms. The molecule has 0 bridgehead atoms. The number of aliphatic hydroxyl groups excluding tert-OH is 1. The molecule has 2 aromatic rings. The molecule has 210 valence electrons. The molecule has 1 unspecified atom stereocenters. The highest BCUT2D eigenvalue weighted by Crippen LogP contribution is 2.49. The van der Waals surface area contributed by atoms with E-state index in [1.807, 2.05) is 0 Å². The van der Waals surface area contributed by atoms with Crippen LogP contribution in [0, 0.1) is 5.82 Å².